The zero-order valence-electron chi connectivity index (χ0n) is 12.4. The van der Waals surface area contributed by atoms with Crippen LogP contribution < -0.4 is 11.1 Å². The summed E-state index contributed by atoms with van der Waals surface area (Å²) in [5, 5.41) is 2.65. The van der Waals surface area contributed by atoms with E-state index < -0.39 is 11.7 Å². The van der Waals surface area contributed by atoms with E-state index in [1.807, 2.05) is 0 Å². The highest BCUT2D eigenvalue weighted by molar-refractivity contribution is 6.32. The average molecular weight is 351 g/mol. The number of anilines is 1. The topological polar surface area (TPSA) is 71.2 Å². The molecule has 128 valence electrons. The van der Waals surface area contributed by atoms with Crippen molar-refractivity contribution in [2.45, 2.75) is 31.5 Å². The number of aromatic nitrogens is 1. The SMILES string of the molecule is NC1CCCN(C(=O)CCNc2ncc(C(F)(F)F)cc2Cl)C1. The second-order valence-electron chi connectivity index (χ2n) is 5.47. The minimum absolute atomic E-state index is 0.00619. The Morgan fingerprint density at radius 2 is 2.26 bits per heavy atom. The highest BCUT2D eigenvalue weighted by Crippen LogP contribution is 2.32. The van der Waals surface area contributed by atoms with Crippen LogP contribution >= 0.6 is 11.6 Å². The molecule has 0 radical (unpaired) electrons. The number of nitrogens with two attached hydrogens (primary N) is 1. The highest BCUT2D eigenvalue weighted by atomic mass is 35.5. The van der Waals surface area contributed by atoms with E-state index in [0.29, 0.717) is 19.3 Å². The molecule has 1 aromatic heterocycles. The third-order valence-electron chi connectivity index (χ3n) is 3.61. The molecule has 23 heavy (non-hydrogen) atoms. The van der Waals surface area contributed by atoms with Crippen LogP contribution in [0.1, 0.15) is 24.8 Å². The Balaban J connectivity index is 1.85. The normalized spacial score (nSPS) is 18.8. The van der Waals surface area contributed by atoms with Crippen molar-refractivity contribution in [3.05, 3.63) is 22.8 Å². The van der Waals surface area contributed by atoms with Gasteiger partial charge in [0.2, 0.25) is 5.91 Å². The van der Waals surface area contributed by atoms with Crippen molar-refractivity contribution < 1.29 is 18.0 Å². The van der Waals surface area contributed by atoms with E-state index in [9.17, 15) is 18.0 Å². The number of alkyl halides is 3. The molecule has 2 rings (SSSR count). The lowest BCUT2D eigenvalue weighted by Crippen LogP contribution is -2.46. The van der Waals surface area contributed by atoms with Gasteiger partial charge in [-0.1, -0.05) is 11.6 Å². The summed E-state index contributed by atoms with van der Waals surface area (Å²) in [6.45, 7) is 1.46. The van der Waals surface area contributed by atoms with Gasteiger partial charge >= 0.3 is 6.18 Å². The molecule has 0 bridgehead atoms. The summed E-state index contributed by atoms with van der Waals surface area (Å²) in [5.74, 6) is 0.0819. The van der Waals surface area contributed by atoms with Crippen LogP contribution in [0.25, 0.3) is 0 Å². The molecule has 2 heterocycles. The number of hydrogen-bond donors (Lipinski definition) is 2. The number of carbonyl (C=O) groups is 1. The number of piperidine rings is 1. The molecule has 1 aliphatic rings. The maximum atomic E-state index is 12.5. The smallest absolute Gasteiger partial charge is 0.368 e. The Labute approximate surface area is 137 Å². The van der Waals surface area contributed by atoms with Gasteiger partial charge in [-0.25, -0.2) is 4.98 Å². The molecule has 1 fully saturated rings. The summed E-state index contributed by atoms with van der Waals surface area (Å²) in [5.41, 5.74) is 4.91. The van der Waals surface area contributed by atoms with E-state index >= 15 is 0 Å². The molecule has 1 saturated heterocycles. The maximum Gasteiger partial charge on any atom is 0.417 e. The van der Waals surface area contributed by atoms with Crippen molar-refractivity contribution in [1.29, 1.82) is 0 Å². The Morgan fingerprint density at radius 1 is 1.52 bits per heavy atom. The summed E-state index contributed by atoms with van der Waals surface area (Å²) >= 11 is 5.78. The lowest BCUT2D eigenvalue weighted by molar-refractivity contribution is -0.137. The first-order valence-corrected chi connectivity index (χ1v) is 7.65. The third kappa shape index (κ3) is 4.97. The van der Waals surface area contributed by atoms with Crippen LogP contribution in [0, 0.1) is 0 Å². The Hall–Kier alpha value is -1.54. The second-order valence-corrected chi connectivity index (χ2v) is 5.88. The van der Waals surface area contributed by atoms with E-state index in [-0.39, 0.29) is 35.8 Å². The van der Waals surface area contributed by atoms with Crippen molar-refractivity contribution in [2.75, 3.05) is 25.0 Å². The van der Waals surface area contributed by atoms with Gasteiger partial charge in [0.05, 0.1) is 10.6 Å². The van der Waals surface area contributed by atoms with Gasteiger partial charge in [-0.3, -0.25) is 4.79 Å². The predicted molar refractivity (Wildman–Crippen MR) is 81.1 cm³/mol. The van der Waals surface area contributed by atoms with Gasteiger partial charge in [0.1, 0.15) is 5.82 Å². The zero-order valence-corrected chi connectivity index (χ0v) is 13.1. The van der Waals surface area contributed by atoms with Crippen molar-refractivity contribution in [3.63, 3.8) is 0 Å². The minimum atomic E-state index is -4.49. The molecule has 5 nitrogen and oxygen atoms in total. The number of nitrogens with zero attached hydrogens (tertiary/aromatic N) is 2. The molecule has 3 N–H and O–H groups in total. The van der Waals surface area contributed by atoms with E-state index in [0.717, 1.165) is 18.9 Å². The average Bonchev–Trinajstić information content (AvgIpc) is 2.47. The first-order valence-electron chi connectivity index (χ1n) is 7.27. The van der Waals surface area contributed by atoms with E-state index in [2.05, 4.69) is 10.3 Å². The van der Waals surface area contributed by atoms with E-state index in [1.165, 1.54) is 0 Å². The Morgan fingerprint density at radius 3 is 2.87 bits per heavy atom. The largest absolute Gasteiger partial charge is 0.417 e. The molecule has 1 aliphatic heterocycles. The van der Waals surface area contributed by atoms with Gasteiger partial charge in [0.25, 0.3) is 0 Å². The first kappa shape index (κ1) is 17.8. The molecular weight excluding hydrogens is 333 g/mol. The molecule has 9 heteroatoms. The molecule has 0 aromatic carbocycles. The molecule has 0 saturated carbocycles. The molecule has 0 aliphatic carbocycles. The molecule has 1 unspecified atom stereocenters. The van der Waals surface area contributed by atoms with E-state index in [1.54, 1.807) is 4.90 Å². The maximum absolute atomic E-state index is 12.5. The van der Waals surface area contributed by atoms with Crippen molar-refractivity contribution in [2.24, 2.45) is 5.73 Å². The number of hydrogen-bond acceptors (Lipinski definition) is 4. The van der Waals surface area contributed by atoms with Crippen LogP contribution in [0.3, 0.4) is 0 Å². The minimum Gasteiger partial charge on any atom is -0.368 e. The van der Waals surface area contributed by atoms with Crippen LogP contribution in [0.2, 0.25) is 5.02 Å². The van der Waals surface area contributed by atoms with Gasteiger partial charge < -0.3 is 16.0 Å². The second kappa shape index (κ2) is 7.35. The van der Waals surface area contributed by atoms with Gasteiger partial charge in [-0.05, 0) is 18.9 Å². The number of rotatable bonds is 4. The molecule has 1 aromatic rings. The predicted octanol–water partition coefficient (Wildman–Crippen LogP) is 2.51. The number of pyridine rings is 1. The summed E-state index contributed by atoms with van der Waals surface area (Å²) in [4.78, 5) is 17.4. The highest BCUT2D eigenvalue weighted by Gasteiger charge is 2.31. The fraction of sp³-hybridized carbons (Fsp3) is 0.571. The van der Waals surface area contributed by atoms with Crippen molar-refractivity contribution in [3.8, 4) is 0 Å². The van der Waals surface area contributed by atoms with Gasteiger partial charge in [0, 0.05) is 38.3 Å². The zero-order chi connectivity index (χ0) is 17.0. The van der Waals surface area contributed by atoms with Crippen LogP contribution in [0.4, 0.5) is 19.0 Å². The van der Waals surface area contributed by atoms with Crippen LogP contribution in [0.15, 0.2) is 12.3 Å². The van der Waals surface area contributed by atoms with E-state index in [4.69, 9.17) is 17.3 Å². The standard InChI is InChI=1S/C14H18ClF3N4O/c15-11-6-9(14(16,17)18)7-21-13(11)20-4-3-12(23)22-5-1-2-10(19)8-22/h6-7,10H,1-5,8,19H2,(H,20,21). The number of halogens is 4. The summed E-state index contributed by atoms with van der Waals surface area (Å²) < 4.78 is 37.5. The number of carbonyl (C=O) groups excluding carboxylic acids is 1. The lowest BCUT2D eigenvalue weighted by Gasteiger charge is -2.30. The van der Waals surface area contributed by atoms with Crippen LogP contribution in [-0.2, 0) is 11.0 Å². The van der Waals surface area contributed by atoms with Gasteiger partial charge in [-0.15, -0.1) is 0 Å². The number of likely N-dealkylation sites (tertiary alicyclic amines) is 1. The summed E-state index contributed by atoms with van der Waals surface area (Å²) in [7, 11) is 0. The van der Waals surface area contributed by atoms with Crippen LogP contribution in [-0.4, -0.2) is 41.5 Å². The Bertz CT molecular complexity index is 567. The quantitative estimate of drug-likeness (QED) is 0.875. The number of nitrogens with one attached hydrogen (secondary N) is 1. The molecule has 1 amide bonds. The fourth-order valence-electron chi connectivity index (χ4n) is 2.41. The first-order chi connectivity index (χ1) is 10.8. The monoisotopic (exact) mass is 350 g/mol. The number of amides is 1. The molecule has 0 spiro atoms. The Kier molecular flexibility index (Phi) is 5.69. The fourth-order valence-corrected chi connectivity index (χ4v) is 2.64. The lowest BCUT2D eigenvalue weighted by atomic mass is 10.1. The van der Waals surface area contributed by atoms with Gasteiger partial charge in [0.15, 0.2) is 0 Å². The van der Waals surface area contributed by atoms with Crippen LogP contribution in [0.5, 0.6) is 0 Å². The summed E-state index contributed by atoms with van der Waals surface area (Å²) in [6, 6.07) is 0.814. The van der Waals surface area contributed by atoms with Crippen molar-refractivity contribution in [1.82, 2.24) is 9.88 Å². The molecular formula is C14H18ClF3N4O. The summed E-state index contributed by atoms with van der Waals surface area (Å²) in [6.07, 6.45) is -1.79. The van der Waals surface area contributed by atoms with Crippen molar-refractivity contribution >= 4 is 23.3 Å². The van der Waals surface area contributed by atoms with Gasteiger partial charge in [-0.2, -0.15) is 13.2 Å². The molecule has 1 atom stereocenters. The third-order valence-corrected chi connectivity index (χ3v) is 3.90.